The van der Waals surface area contributed by atoms with Crippen LogP contribution < -0.4 is 10.6 Å². The zero-order valence-corrected chi connectivity index (χ0v) is 44.4. The molecule has 67 heavy (non-hydrogen) atoms. The van der Waals surface area contributed by atoms with Crippen molar-refractivity contribution in [1.82, 2.24) is 5.32 Å². The molecule has 386 valence electrons. The van der Waals surface area contributed by atoms with Gasteiger partial charge in [0.2, 0.25) is 5.91 Å². The van der Waals surface area contributed by atoms with Crippen LogP contribution in [0, 0.1) is 0 Å². The van der Waals surface area contributed by atoms with Crippen molar-refractivity contribution < 1.29 is 46.7 Å². The summed E-state index contributed by atoms with van der Waals surface area (Å²) in [7, 11) is 1.69. The summed E-state index contributed by atoms with van der Waals surface area (Å²) in [6, 6.07) is 13.0. The Hall–Kier alpha value is -1.80. The molecule has 15 heteroatoms. The fraction of sp³-hybridized carbons (Fsp3) is 0.750. The van der Waals surface area contributed by atoms with Crippen LogP contribution in [0.3, 0.4) is 0 Å². The highest BCUT2D eigenvalue weighted by Crippen LogP contribution is 2.43. The average Bonchev–Trinajstić information content (AvgIpc) is 3.28. The number of benzene rings is 2. The maximum absolute atomic E-state index is 12.7. The van der Waals surface area contributed by atoms with Gasteiger partial charge in [-0.3, -0.25) is 13.8 Å². The lowest BCUT2D eigenvalue weighted by atomic mass is 10.0. The number of hydrogen-bond acceptors (Lipinski definition) is 9. The van der Waals surface area contributed by atoms with Gasteiger partial charge in [-0.25, -0.2) is 4.57 Å². The lowest BCUT2D eigenvalue weighted by molar-refractivity contribution is -0.870. The molecule has 2 aromatic rings. The van der Waals surface area contributed by atoms with E-state index in [9.17, 15) is 14.3 Å². The van der Waals surface area contributed by atoms with Crippen molar-refractivity contribution in [3.63, 3.8) is 0 Å². The summed E-state index contributed by atoms with van der Waals surface area (Å²) in [6.45, 7) is 4.89. The number of phosphoric ester groups is 1. The Labute approximate surface area is 416 Å². The number of halogens is 2. The van der Waals surface area contributed by atoms with Crippen molar-refractivity contribution >= 4 is 48.3 Å². The van der Waals surface area contributed by atoms with Crippen LogP contribution in [0.1, 0.15) is 167 Å². The number of phosphoric acid groups is 1. The van der Waals surface area contributed by atoms with Gasteiger partial charge in [0.25, 0.3) is 0 Å². The molecule has 2 rings (SSSR count). The molecule has 0 spiro atoms. The first-order chi connectivity index (χ1) is 32.4. The fourth-order valence-corrected chi connectivity index (χ4v) is 8.68. The first-order valence-electron chi connectivity index (χ1n) is 25.7. The highest BCUT2D eigenvalue weighted by Gasteiger charge is 2.25. The number of nitrogens with one attached hydrogen (secondary N) is 2. The van der Waals surface area contributed by atoms with E-state index in [0.717, 1.165) is 62.6 Å². The number of nitrogens with zero attached hydrogens (tertiary/aromatic N) is 1. The Morgan fingerprint density at radius 2 is 1.13 bits per heavy atom. The number of carbonyl (C=O) groups is 1. The summed E-state index contributed by atoms with van der Waals surface area (Å²) < 4.78 is 46.6. The van der Waals surface area contributed by atoms with Crippen molar-refractivity contribution in [2.24, 2.45) is 0 Å². The maximum Gasteiger partial charge on any atom is 0.472 e. The van der Waals surface area contributed by atoms with Gasteiger partial charge in [0.1, 0.15) is 32.8 Å². The predicted octanol–water partition coefficient (Wildman–Crippen LogP) is 14.0. The van der Waals surface area contributed by atoms with Crippen molar-refractivity contribution in [2.45, 2.75) is 174 Å². The standard InChI is InChI=1S/C52H90Cl2N3O9P/c1-5-6-7-8-9-10-11-12-13-14-15-18-21-24-29-38-61-44-63-42-47(43-66-67(59,60)65-40-37-57(2,3)4)64-45-62-39-30-25-22-19-16-17-20-23-28-36-55-51(58)41-46-32-26-27-35-50(46)56-52-48(53)33-31-34-49(52)54/h26-27,31-35,47,56H,5-25,28-30,36-45H2,1-4H3,(H-,55,58,59,60)/p+1. The van der Waals surface area contributed by atoms with Gasteiger partial charge >= 0.3 is 7.82 Å². The highest BCUT2D eigenvalue weighted by atomic mass is 35.5. The molecule has 0 radical (unpaired) electrons. The van der Waals surface area contributed by atoms with Gasteiger partial charge in [-0.15, -0.1) is 0 Å². The Kier molecular flexibility index (Phi) is 36.5. The first-order valence-corrected chi connectivity index (χ1v) is 28.0. The SMILES string of the molecule is CCCCCCCCCCCCCCCCCOCOCC(COP(=O)(O)OCC[N+](C)(C)C)OCOCCCCCCCCCCCNC(=O)Cc1ccccc1Nc1c(Cl)cccc1Cl. The highest BCUT2D eigenvalue weighted by molar-refractivity contribution is 7.47. The third-order valence-electron chi connectivity index (χ3n) is 11.6. The number of unbranched alkanes of at least 4 members (excludes halogenated alkanes) is 22. The van der Waals surface area contributed by atoms with E-state index in [1.54, 1.807) is 18.2 Å². The van der Waals surface area contributed by atoms with Crippen LogP contribution >= 0.6 is 31.0 Å². The largest absolute Gasteiger partial charge is 0.472 e. The number of hydrogen-bond donors (Lipinski definition) is 3. The monoisotopic (exact) mass is 1000 g/mol. The molecule has 0 aliphatic rings. The molecule has 0 aliphatic carbocycles. The summed E-state index contributed by atoms with van der Waals surface area (Å²) in [5.74, 6) is -0.00985. The molecule has 0 fully saturated rings. The molecule has 12 nitrogen and oxygen atoms in total. The number of rotatable bonds is 46. The Morgan fingerprint density at radius 3 is 1.69 bits per heavy atom. The zero-order valence-electron chi connectivity index (χ0n) is 42.0. The molecular formula is C52H91Cl2N3O9P+. The fourth-order valence-electron chi connectivity index (χ4n) is 7.44. The number of amides is 1. The minimum absolute atomic E-state index is 0.00985. The third-order valence-corrected chi connectivity index (χ3v) is 13.2. The lowest BCUT2D eigenvalue weighted by Gasteiger charge is -2.24. The summed E-state index contributed by atoms with van der Waals surface area (Å²) in [5.41, 5.74) is 2.31. The van der Waals surface area contributed by atoms with Gasteiger partial charge in [0, 0.05) is 25.4 Å². The zero-order chi connectivity index (χ0) is 48.7. The molecule has 2 unspecified atom stereocenters. The summed E-state index contributed by atoms with van der Waals surface area (Å²) in [6.07, 6.45) is 29.3. The molecule has 0 heterocycles. The molecule has 0 aliphatic heterocycles. The molecule has 0 bridgehead atoms. The van der Waals surface area contributed by atoms with E-state index in [2.05, 4.69) is 17.6 Å². The van der Waals surface area contributed by atoms with Gasteiger partial charge in [-0.1, -0.05) is 189 Å². The summed E-state index contributed by atoms with van der Waals surface area (Å²) in [4.78, 5) is 22.9. The van der Waals surface area contributed by atoms with E-state index < -0.39 is 13.9 Å². The number of quaternary nitrogens is 1. The van der Waals surface area contributed by atoms with E-state index in [0.29, 0.717) is 46.5 Å². The quantitative estimate of drug-likeness (QED) is 0.0255. The van der Waals surface area contributed by atoms with Crippen LogP contribution in [0.15, 0.2) is 42.5 Å². The summed E-state index contributed by atoms with van der Waals surface area (Å²) >= 11 is 12.7. The van der Waals surface area contributed by atoms with Crippen LogP contribution in [-0.4, -0.2) is 102 Å². The number of anilines is 2. The Morgan fingerprint density at radius 1 is 0.627 bits per heavy atom. The number of likely N-dealkylation sites (N-methyl/N-ethyl adjacent to an activating group) is 1. The van der Waals surface area contributed by atoms with E-state index in [1.165, 1.54) is 103 Å². The van der Waals surface area contributed by atoms with Crippen LogP contribution in [0.2, 0.25) is 10.0 Å². The smallest absolute Gasteiger partial charge is 0.356 e. The average molecular weight is 1000 g/mol. The second-order valence-corrected chi connectivity index (χ2v) is 21.1. The minimum atomic E-state index is -4.25. The molecular weight excluding hydrogens is 912 g/mol. The van der Waals surface area contributed by atoms with Gasteiger partial charge in [-0.05, 0) is 43.0 Å². The maximum atomic E-state index is 12.7. The third kappa shape index (κ3) is 35.0. The van der Waals surface area contributed by atoms with Crippen molar-refractivity contribution in [2.75, 3.05) is 86.2 Å². The van der Waals surface area contributed by atoms with E-state index in [1.807, 2.05) is 45.4 Å². The summed E-state index contributed by atoms with van der Waals surface area (Å²) in [5, 5.41) is 7.40. The normalized spacial score (nSPS) is 13.2. The van der Waals surface area contributed by atoms with Gasteiger partial charge in [0.15, 0.2) is 0 Å². The van der Waals surface area contributed by atoms with Crippen molar-refractivity contribution in [1.29, 1.82) is 0 Å². The first kappa shape index (κ1) is 61.3. The molecule has 2 atom stereocenters. The van der Waals surface area contributed by atoms with Crippen LogP contribution in [0.25, 0.3) is 0 Å². The number of para-hydroxylation sites is 2. The molecule has 3 N–H and O–H groups in total. The van der Waals surface area contributed by atoms with E-state index in [-0.39, 0.29) is 45.7 Å². The predicted molar refractivity (Wildman–Crippen MR) is 276 cm³/mol. The van der Waals surface area contributed by atoms with Crippen molar-refractivity contribution in [3.8, 4) is 0 Å². The second kappa shape index (κ2) is 39.9. The van der Waals surface area contributed by atoms with Crippen molar-refractivity contribution in [3.05, 3.63) is 58.1 Å². The molecule has 0 aromatic heterocycles. The molecule has 2 aromatic carbocycles. The molecule has 0 saturated heterocycles. The van der Waals surface area contributed by atoms with Gasteiger partial charge in [-0.2, -0.15) is 0 Å². The number of ether oxygens (including phenoxy) is 4. The van der Waals surface area contributed by atoms with Crippen LogP contribution in [-0.2, 0) is 43.8 Å². The molecule has 1 amide bonds. The molecule has 0 saturated carbocycles. The van der Waals surface area contributed by atoms with E-state index >= 15 is 0 Å². The van der Waals surface area contributed by atoms with Crippen LogP contribution in [0.5, 0.6) is 0 Å². The Bertz CT molecular complexity index is 1550. The van der Waals surface area contributed by atoms with Gasteiger partial charge in [0.05, 0.1) is 56.5 Å². The lowest BCUT2D eigenvalue weighted by Crippen LogP contribution is -2.37. The van der Waals surface area contributed by atoms with Crippen LogP contribution in [0.4, 0.5) is 11.4 Å². The topological polar surface area (TPSA) is 134 Å². The Balaban J connectivity index is 1.50. The van der Waals surface area contributed by atoms with Gasteiger partial charge < -0.3 is 39.0 Å². The number of carbonyl (C=O) groups excluding carboxylic acids is 1. The minimum Gasteiger partial charge on any atom is -0.356 e. The van der Waals surface area contributed by atoms with E-state index in [4.69, 9.17) is 51.2 Å². The second-order valence-electron chi connectivity index (χ2n) is 18.9.